The molecule has 0 aliphatic carbocycles. The van der Waals surface area contributed by atoms with E-state index in [-0.39, 0.29) is 6.61 Å². The zero-order valence-corrected chi connectivity index (χ0v) is 14.4. The summed E-state index contributed by atoms with van der Waals surface area (Å²) in [5, 5.41) is 10.9. The maximum absolute atomic E-state index is 5.73. The van der Waals surface area contributed by atoms with Crippen molar-refractivity contribution in [1.29, 1.82) is 0 Å². The van der Waals surface area contributed by atoms with Gasteiger partial charge in [0.25, 0.3) is 5.89 Å². The van der Waals surface area contributed by atoms with E-state index in [9.17, 15) is 0 Å². The second-order valence-corrected chi connectivity index (χ2v) is 5.86. The number of nitrogens with zero attached hydrogens (tertiary/aromatic N) is 2. The lowest BCUT2D eigenvalue weighted by Gasteiger charge is -2.11. The van der Waals surface area contributed by atoms with Gasteiger partial charge < -0.3 is 14.5 Å². The molecule has 0 saturated heterocycles. The summed E-state index contributed by atoms with van der Waals surface area (Å²) < 4.78 is 12.9. The molecular weight excluding hydrogens is 390 g/mol. The molecule has 1 N–H and O–H groups in total. The van der Waals surface area contributed by atoms with Crippen molar-refractivity contribution in [3.8, 4) is 5.75 Å². The summed E-state index contributed by atoms with van der Waals surface area (Å²) in [4.78, 5) is 0. The molecule has 1 aromatic heterocycles. The molecule has 0 unspecified atom stereocenters. The molecule has 0 radical (unpaired) electrons. The Kier molecular flexibility index (Phi) is 5.56. The predicted molar refractivity (Wildman–Crippen MR) is 82.6 cm³/mol. The summed E-state index contributed by atoms with van der Waals surface area (Å²) in [6.45, 7) is 3.00. The highest BCUT2D eigenvalue weighted by Gasteiger charge is 2.11. The molecule has 0 bridgehead atoms. The number of aryl methyl sites for hydroxylation is 1. The van der Waals surface area contributed by atoms with Crippen molar-refractivity contribution >= 4 is 31.9 Å². The first-order valence-corrected chi connectivity index (χ1v) is 7.79. The van der Waals surface area contributed by atoms with Gasteiger partial charge in [0, 0.05) is 13.0 Å². The van der Waals surface area contributed by atoms with Gasteiger partial charge >= 0.3 is 0 Å². The molecule has 0 atom stereocenters. The number of aromatic nitrogens is 2. The lowest BCUT2D eigenvalue weighted by molar-refractivity contribution is 0.256. The van der Waals surface area contributed by atoms with Crippen molar-refractivity contribution in [2.24, 2.45) is 0 Å². The van der Waals surface area contributed by atoms with E-state index in [1.165, 1.54) is 0 Å². The van der Waals surface area contributed by atoms with Gasteiger partial charge in [-0.05, 0) is 56.6 Å². The Labute approximate surface area is 134 Å². The summed E-state index contributed by atoms with van der Waals surface area (Å²) in [5.41, 5.74) is 1.16. The SMILES string of the molecule is CCc1nnc(COc2c(Br)cc(CNC)cc2Br)o1. The first-order valence-electron chi connectivity index (χ1n) is 6.20. The van der Waals surface area contributed by atoms with Gasteiger partial charge in [-0.3, -0.25) is 0 Å². The molecule has 2 aromatic rings. The first-order chi connectivity index (χ1) is 9.63. The van der Waals surface area contributed by atoms with Crippen LogP contribution in [-0.2, 0) is 19.6 Å². The van der Waals surface area contributed by atoms with Gasteiger partial charge in [-0.1, -0.05) is 6.92 Å². The zero-order valence-electron chi connectivity index (χ0n) is 11.2. The van der Waals surface area contributed by atoms with Gasteiger partial charge in [-0.15, -0.1) is 10.2 Å². The number of rotatable bonds is 6. The van der Waals surface area contributed by atoms with Crippen LogP contribution < -0.4 is 10.1 Å². The molecule has 1 heterocycles. The highest BCUT2D eigenvalue weighted by Crippen LogP contribution is 2.35. The minimum absolute atomic E-state index is 0.246. The number of benzene rings is 1. The van der Waals surface area contributed by atoms with Crippen LogP contribution in [0, 0.1) is 0 Å². The first kappa shape index (κ1) is 15.5. The maximum atomic E-state index is 5.73. The summed E-state index contributed by atoms with van der Waals surface area (Å²) in [7, 11) is 1.91. The quantitative estimate of drug-likeness (QED) is 0.798. The van der Waals surface area contributed by atoms with E-state index in [2.05, 4.69) is 47.4 Å². The van der Waals surface area contributed by atoms with E-state index >= 15 is 0 Å². The van der Waals surface area contributed by atoms with E-state index in [1.807, 2.05) is 26.1 Å². The number of hydrogen-bond donors (Lipinski definition) is 1. The molecule has 0 aliphatic rings. The van der Waals surface area contributed by atoms with E-state index in [0.717, 1.165) is 33.2 Å². The fourth-order valence-corrected chi connectivity index (χ4v) is 3.19. The Hall–Kier alpha value is -0.920. The van der Waals surface area contributed by atoms with Gasteiger partial charge in [0.2, 0.25) is 5.89 Å². The molecule has 1 aromatic carbocycles. The lowest BCUT2D eigenvalue weighted by Crippen LogP contribution is -2.05. The minimum Gasteiger partial charge on any atom is -0.481 e. The summed E-state index contributed by atoms with van der Waals surface area (Å²) in [5.74, 6) is 1.81. The van der Waals surface area contributed by atoms with Crippen LogP contribution in [0.4, 0.5) is 0 Å². The van der Waals surface area contributed by atoms with Crippen molar-refractivity contribution in [3.05, 3.63) is 38.4 Å². The fraction of sp³-hybridized carbons (Fsp3) is 0.385. The van der Waals surface area contributed by atoms with Crippen LogP contribution in [0.25, 0.3) is 0 Å². The highest BCUT2D eigenvalue weighted by atomic mass is 79.9. The van der Waals surface area contributed by atoms with E-state index in [1.54, 1.807) is 0 Å². The summed E-state index contributed by atoms with van der Waals surface area (Å²) in [6.07, 6.45) is 0.721. The van der Waals surface area contributed by atoms with Crippen LogP contribution in [0.15, 0.2) is 25.5 Å². The lowest BCUT2D eigenvalue weighted by atomic mass is 10.2. The topological polar surface area (TPSA) is 60.2 Å². The smallest absolute Gasteiger partial charge is 0.253 e. The van der Waals surface area contributed by atoms with Gasteiger partial charge in [-0.2, -0.15) is 0 Å². The third kappa shape index (κ3) is 3.80. The van der Waals surface area contributed by atoms with Crippen molar-refractivity contribution in [1.82, 2.24) is 15.5 Å². The van der Waals surface area contributed by atoms with Crippen LogP contribution in [-0.4, -0.2) is 17.2 Å². The average molecular weight is 405 g/mol. The molecule has 5 nitrogen and oxygen atoms in total. The average Bonchev–Trinajstić information content (AvgIpc) is 2.86. The number of ether oxygens (including phenoxy) is 1. The number of halogens is 2. The Morgan fingerprint density at radius 2 is 1.85 bits per heavy atom. The van der Waals surface area contributed by atoms with Crippen molar-refractivity contribution < 1.29 is 9.15 Å². The molecule has 7 heteroatoms. The molecule has 2 rings (SSSR count). The molecule has 0 spiro atoms. The summed E-state index contributed by atoms with van der Waals surface area (Å²) in [6, 6.07) is 4.03. The second kappa shape index (κ2) is 7.19. The maximum Gasteiger partial charge on any atom is 0.253 e. The van der Waals surface area contributed by atoms with E-state index in [4.69, 9.17) is 9.15 Å². The van der Waals surface area contributed by atoms with Crippen molar-refractivity contribution in [2.75, 3.05) is 7.05 Å². The third-order valence-electron chi connectivity index (χ3n) is 2.59. The monoisotopic (exact) mass is 403 g/mol. The van der Waals surface area contributed by atoms with Crippen LogP contribution in [0.5, 0.6) is 5.75 Å². The molecule has 0 aliphatic heterocycles. The molecular formula is C13H15Br2N3O2. The normalized spacial score (nSPS) is 10.8. The number of nitrogens with one attached hydrogen (secondary N) is 1. The largest absolute Gasteiger partial charge is 0.481 e. The minimum atomic E-state index is 0.246. The van der Waals surface area contributed by atoms with Gasteiger partial charge in [0.15, 0.2) is 6.61 Å². The number of hydrogen-bond acceptors (Lipinski definition) is 5. The zero-order chi connectivity index (χ0) is 14.5. The van der Waals surface area contributed by atoms with Gasteiger partial charge in [-0.25, -0.2) is 0 Å². The fourth-order valence-electron chi connectivity index (χ4n) is 1.68. The predicted octanol–water partition coefficient (Wildman–Crippen LogP) is 3.46. The molecule has 0 saturated carbocycles. The van der Waals surface area contributed by atoms with Gasteiger partial charge in [0.1, 0.15) is 5.75 Å². The molecule has 0 amide bonds. The van der Waals surface area contributed by atoms with Crippen LogP contribution in [0.1, 0.15) is 24.3 Å². The highest BCUT2D eigenvalue weighted by molar-refractivity contribution is 9.11. The second-order valence-electron chi connectivity index (χ2n) is 4.15. The van der Waals surface area contributed by atoms with E-state index < -0.39 is 0 Å². The molecule has 20 heavy (non-hydrogen) atoms. The Morgan fingerprint density at radius 1 is 1.20 bits per heavy atom. The Morgan fingerprint density at radius 3 is 2.40 bits per heavy atom. The summed E-state index contributed by atoms with van der Waals surface area (Å²) >= 11 is 7.02. The molecule has 108 valence electrons. The van der Waals surface area contributed by atoms with Crippen LogP contribution in [0.2, 0.25) is 0 Å². The van der Waals surface area contributed by atoms with Crippen LogP contribution >= 0.6 is 31.9 Å². The van der Waals surface area contributed by atoms with E-state index in [0.29, 0.717) is 11.8 Å². The van der Waals surface area contributed by atoms with Gasteiger partial charge in [0.05, 0.1) is 8.95 Å². The Bertz CT molecular complexity index is 564. The molecule has 0 fully saturated rings. The standard InChI is InChI=1S/C13H15Br2N3O2/c1-3-11-17-18-12(20-11)7-19-13-9(14)4-8(6-16-2)5-10(13)15/h4-5,16H,3,6-7H2,1-2H3. The van der Waals surface area contributed by atoms with Crippen LogP contribution in [0.3, 0.4) is 0 Å². The van der Waals surface area contributed by atoms with Crippen molar-refractivity contribution in [2.45, 2.75) is 26.5 Å². The Balaban J connectivity index is 2.09. The van der Waals surface area contributed by atoms with Crippen molar-refractivity contribution in [3.63, 3.8) is 0 Å². The third-order valence-corrected chi connectivity index (χ3v) is 3.77.